The van der Waals surface area contributed by atoms with Crippen molar-refractivity contribution in [1.29, 1.82) is 0 Å². The molecule has 238 valence electrons. The van der Waals surface area contributed by atoms with Crippen LogP contribution in [0.25, 0.3) is 97.4 Å². The van der Waals surface area contributed by atoms with E-state index in [-0.39, 0.29) is 0 Å². The number of fused-ring (bicyclic) bond motifs is 9. The Morgan fingerprint density at radius 1 is 0.353 bits per heavy atom. The first-order chi connectivity index (χ1) is 25.3. The number of para-hydroxylation sites is 3. The molecule has 2 nitrogen and oxygen atoms in total. The summed E-state index contributed by atoms with van der Waals surface area (Å²) in [6, 6.07) is 66.5. The molecular weight excluding hydrogens is 637 g/mol. The van der Waals surface area contributed by atoms with E-state index in [4.69, 9.17) is 0 Å². The van der Waals surface area contributed by atoms with E-state index in [0.29, 0.717) is 0 Å². The molecule has 0 saturated carbocycles. The topological polar surface area (TPSA) is 9.86 Å². The molecule has 11 aromatic rings. The summed E-state index contributed by atoms with van der Waals surface area (Å²) in [5.41, 5.74) is 12.2. The fraction of sp³-hybridized carbons (Fsp3) is 0. The summed E-state index contributed by atoms with van der Waals surface area (Å²) in [5.74, 6) is 0. The van der Waals surface area contributed by atoms with Crippen LogP contribution in [0.15, 0.2) is 182 Å². The number of hydrogen-bond acceptors (Lipinski definition) is 1. The second-order valence-electron chi connectivity index (χ2n) is 13.3. The Kier molecular flexibility index (Phi) is 6.16. The lowest BCUT2D eigenvalue weighted by molar-refractivity contribution is 1.17. The third-order valence-electron chi connectivity index (χ3n) is 10.5. The largest absolute Gasteiger partial charge is 0.309 e. The molecule has 0 amide bonds. The van der Waals surface area contributed by atoms with Crippen LogP contribution in [0.2, 0.25) is 0 Å². The maximum absolute atomic E-state index is 2.48. The highest BCUT2D eigenvalue weighted by atomic mass is 32.1. The maximum Gasteiger partial charge on any atom is 0.0555 e. The molecule has 3 heterocycles. The predicted molar refractivity (Wildman–Crippen MR) is 219 cm³/mol. The Morgan fingerprint density at radius 3 is 1.63 bits per heavy atom. The normalized spacial score (nSPS) is 11.9. The van der Waals surface area contributed by atoms with Crippen molar-refractivity contribution < 1.29 is 0 Å². The van der Waals surface area contributed by atoms with Gasteiger partial charge in [-0.1, -0.05) is 133 Å². The van der Waals surface area contributed by atoms with Gasteiger partial charge in [-0.3, -0.25) is 0 Å². The highest BCUT2D eigenvalue weighted by Crippen LogP contribution is 2.45. The molecule has 0 aliphatic rings. The molecular formula is C48H30N2S. The molecule has 0 aliphatic carbocycles. The van der Waals surface area contributed by atoms with E-state index >= 15 is 0 Å². The molecule has 8 aromatic carbocycles. The highest BCUT2D eigenvalue weighted by Gasteiger charge is 2.20. The van der Waals surface area contributed by atoms with Crippen molar-refractivity contribution in [2.24, 2.45) is 0 Å². The minimum Gasteiger partial charge on any atom is -0.309 e. The fourth-order valence-electron chi connectivity index (χ4n) is 8.28. The first kappa shape index (κ1) is 28.4. The summed E-state index contributed by atoms with van der Waals surface area (Å²) in [7, 11) is 0. The van der Waals surface area contributed by atoms with Gasteiger partial charge in [-0.15, -0.1) is 11.3 Å². The van der Waals surface area contributed by atoms with Gasteiger partial charge < -0.3 is 9.13 Å². The first-order valence-electron chi connectivity index (χ1n) is 17.4. The number of rotatable bonds is 4. The maximum atomic E-state index is 2.48. The predicted octanol–water partition coefficient (Wildman–Crippen LogP) is 13.6. The number of thiophene rings is 1. The Bertz CT molecular complexity index is 3070. The van der Waals surface area contributed by atoms with Crippen LogP contribution in [0.4, 0.5) is 0 Å². The van der Waals surface area contributed by atoms with Crippen molar-refractivity contribution in [2.45, 2.75) is 0 Å². The van der Waals surface area contributed by atoms with Gasteiger partial charge in [0.2, 0.25) is 0 Å². The van der Waals surface area contributed by atoms with Gasteiger partial charge >= 0.3 is 0 Å². The molecule has 0 aliphatic heterocycles. The van der Waals surface area contributed by atoms with E-state index in [1.165, 1.54) is 97.4 Å². The Labute approximate surface area is 298 Å². The third kappa shape index (κ3) is 4.22. The summed E-state index contributed by atoms with van der Waals surface area (Å²) >= 11 is 1.89. The van der Waals surface area contributed by atoms with Crippen LogP contribution in [0, 0.1) is 0 Å². The van der Waals surface area contributed by atoms with Gasteiger partial charge in [0.15, 0.2) is 0 Å². The van der Waals surface area contributed by atoms with E-state index in [1.54, 1.807) is 0 Å². The lowest BCUT2D eigenvalue weighted by Crippen LogP contribution is -1.96. The van der Waals surface area contributed by atoms with Crippen LogP contribution in [0.5, 0.6) is 0 Å². The summed E-state index contributed by atoms with van der Waals surface area (Å²) in [6.45, 7) is 0. The molecule has 0 unspecified atom stereocenters. The van der Waals surface area contributed by atoms with Gasteiger partial charge in [-0.05, 0) is 70.8 Å². The minimum absolute atomic E-state index is 1.17. The van der Waals surface area contributed by atoms with Crippen LogP contribution in [0.1, 0.15) is 0 Å². The molecule has 11 rings (SSSR count). The van der Waals surface area contributed by atoms with Crippen molar-refractivity contribution in [3.8, 4) is 33.6 Å². The second-order valence-corrected chi connectivity index (χ2v) is 14.4. The van der Waals surface area contributed by atoms with Crippen molar-refractivity contribution in [2.75, 3.05) is 0 Å². The number of hydrogen-bond donors (Lipinski definition) is 0. The average molecular weight is 667 g/mol. The molecule has 0 atom stereocenters. The zero-order chi connectivity index (χ0) is 33.5. The lowest BCUT2D eigenvalue weighted by Gasteiger charge is -2.12. The zero-order valence-electron chi connectivity index (χ0n) is 27.6. The van der Waals surface area contributed by atoms with Crippen molar-refractivity contribution in [3.63, 3.8) is 0 Å². The Morgan fingerprint density at radius 2 is 0.902 bits per heavy atom. The fourth-order valence-corrected chi connectivity index (χ4v) is 9.53. The summed E-state index contributed by atoms with van der Waals surface area (Å²) in [4.78, 5) is 0. The molecule has 3 heteroatoms. The summed E-state index contributed by atoms with van der Waals surface area (Å²) in [5, 5.41) is 7.65. The molecule has 3 aromatic heterocycles. The van der Waals surface area contributed by atoms with Crippen LogP contribution in [-0.4, -0.2) is 9.13 Å². The molecule has 0 saturated heterocycles. The van der Waals surface area contributed by atoms with E-state index in [2.05, 4.69) is 191 Å². The van der Waals surface area contributed by atoms with Crippen molar-refractivity contribution in [3.05, 3.63) is 182 Å². The van der Waals surface area contributed by atoms with E-state index in [0.717, 1.165) is 0 Å². The van der Waals surface area contributed by atoms with E-state index in [9.17, 15) is 0 Å². The molecule has 0 bridgehead atoms. The van der Waals surface area contributed by atoms with Crippen molar-refractivity contribution in [1.82, 2.24) is 9.13 Å². The van der Waals surface area contributed by atoms with Crippen LogP contribution < -0.4 is 0 Å². The first-order valence-corrected chi connectivity index (χ1v) is 18.3. The molecule has 0 radical (unpaired) electrons. The van der Waals surface area contributed by atoms with Gasteiger partial charge in [0, 0.05) is 47.4 Å². The molecule has 51 heavy (non-hydrogen) atoms. The smallest absolute Gasteiger partial charge is 0.0555 e. The van der Waals surface area contributed by atoms with Gasteiger partial charge in [0.1, 0.15) is 0 Å². The average Bonchev–Trinajstić information content (AvgIpc) is 3.86. The van der Waals surface area contributed by atoms with E-state index in [1.807, 2.05) is 11.3 Å². The minimum atomic E-state index is 1.17. The standard InChI is InChI=1S/C48H30N2S/c1-2-12-31(13-3-1)32-24-26-33(27-25-32)35-17-10-18-39-47-45(22-11-23-46(47)51-48(35)39)50-43-21-9-6-16-38(43)40-30-34(28-29-44(40)50)49-41-19-7-4-14-36(41)37-15-5-8-20-42(37)49/h1-30H. The molecule has 0 N–H and O–H groups in total. The van der Waals surface area contributed by atoms with Gasteiger partial charge in [0.05, 0.1) is 27.8 Å². The monoisotopic (exact) mass is 666 g/mol. The molecule has 0 fully saturated rings. The number of benzene rings is 8. The van der Waals surface area contributed by atoms with Crippen molar-refractivity contribution >= 4 is 75.1 Å². The highest BCUT2D eigenvalue weighted by molar-refractivity contribution is 7.26. The van der Waals surface area contributed by atoms with Gasteiger partial charge in [-0.25, -0.2) is 0 Å². The number of aromatic nitrogens is 2. The van der Waals surface area contributed by atoms with Crippen LogP contribution in [0.3, 0.4) is 0 Å². The van der Waals surface area contributed by atoms with Gasteiger partial charge in [-0.2, -0.15) is 0 Å². The zero-order valence-corrected chi connectivity index (χ0v) is 28.4. The van der Waals surface area contributed by atoms with Crippen LogP contribution >= 0.6 is 11.3 Å². The van der Waals surface area contributed by atoms with Gasteiger partial charge in [0.25, 0.3) is 0 Å². The SMILES string of the molecule is c1ccc(-c2ccc(-c3cccc4c3sc3cccc(-n5c6ccccc6c6cc(-n7c8ccccc8c8ccccc87)ccc65)c34)cc2)cc1. The van der Waals surface area contributed by atoms with E-state index < -0.39 is 0 Å². The summed E-state index contributed by atoms with van der Waals surface area (Å²) < 4.78 is 7.51. The second kappa shape index (κ2) is 11.0. The Hall–Kier alpha value is -6.42. The quantitative estimate of drug-likeness (QED) is 0.177. The lowest BCUT2D eigenvalue weighted by atomic mass is 9.99. The summed E-state index contributed by atoms with van der Waals surface area (Å²) in [6.07, 6.45) is 0. The molecule has 0 spiro atoms. The third-order valence-corrected chi connectivity index (χ3v) is 11.7. The number of nitrogens with zero attached hydrogens (tertiary/aromatic N) is 2. The van der Waals surface area contributed by atoms with Crippen LogP contribution in [-0.2, 0) is 0 Å². The Balaban J connectivity index is 1.12.